The summed E-state index contributed by atoms with van der Waals surface area (Å²) in [5, 5.41) is 13.0. The quantitative estimate of drug-likeness (QED) is 0.772. The van der Waals surface area contributed by atoms with E-state index in [-0.39, 0.29) is 6.10 Å². The van der Waals surface area contributed by atoms with Gasteiger partial charge in [0.05, 0.1) is 20.3 Å². The maximum absolute atomic E-state index is 9.74. The van der Waals surface area contributed by atoms with Gasteiger partial charge in [-0.15, -0.1) is 0 Å². The standard InChI is InChI=1S/C14H21NO3/c1-17-13-6-3-10(7-14(13)18-2)8-15-9-12(16)11-4-5-11/h3,6-7,11-12,15-16H,4-5,8-9H2,1-2H3. The van der Waals surface area contributed by atoms with Crippen LogP contribution in [-0.2, 0) is 6.54 Å². The minimum atomic E-state index is -0.204. The molecule has 1 aliphatic rings. The third kappa shape index (κ3) is 3.37. The maximum Gasteiger partial charge on any atom is 0.161 e. The number of nitrogens with one attached hydrogen (secondary N) is 1. The van der Waals surface area contributed by atoms with Gasteiger partial charge in [-0.25, -0.2) is 0 Å². The van der Waals surface area contributed by atoms with Crippen LogP contribution in [0.2, 0.25) is 0 Å². The van der Waals surface area contributed by atoms with Crippen LogP contribution < -0.4 is 14.8 Å². The first kappa shape index (κ1) is 13.2. The molecule has 1 aromatic rings. The van der Waals surface area contributed by atoms with Gasteiger partial charge >= 0.3 is 0 Å². The van der Waals surface area contributed by atoms with Gasteiger partial charge in [-0.3, -0.25) is 0 Å². The van der Waals surface area contributed by atoms with Crippen molar-refractivity contribution in [1.29, 1.82) is 0 Å². The van der Waals surface area contributed by atoms with Crippen LogP contribution in [-0.4, -0.2) is 32.0 Å². The van der Waals surface area contributed by atoms with Gasteiger partial charge in [0.2, 0.25) is 0 Å². The average molecular weight is 251 g/mol. The fourth-order valence-electron chi connectivity index (χ4n) is 2.00. The lowest BCUT2D eigenvalue weighted by Crippen LogP contribution is -2.27. The van der Waals surface area contributed by atoms with E-state index >= 15 is 0 Å². The van der Waals surface area contributed by atoms with Crippen LogP contribution in [0.25, 0.3) is 0 Å². The number of aliphatic hydroxyl groups is 1. The molecule has 1 aliphatic carbocycles. The number of rotatable bonds is 7. The fraction of sp³-hybridized carbons (Fsp3) is 0.571. The smallest absolute Gasteiger partial charge is 0.161 e. The Morgan fingerprint density at radius 3 is 2.61 bits per heavy atom. The van der Waals surface area contributed by atoms with Crippen molar-refractivity contribution in [3.05, 3.63) is 23.8 Å². The van der Waals surface area contributed by atoms with E-state index in [0.717, 1.165) is 23.6 Å². The zero-order valence-electron chi connectivity index (χ0n) is 11.0. The molecule has 0 saturated heterocycles. The molecule has 0 amide bonds. The first-order chi connectivity index (χ1) is 8.74. The Balaban J connectivity index is 1.84. The van der Waals surface area contributed by atoms with E-state index < -0.39 is 0 Å². The molecule has 2 rings (SSSR count). The monoisotopic (exact) mass is 251 g/mol. The van der Waals surface area contributed by atoms with E-state index in [4.69, 9.17) is 9.47 Å². The first-order valence-corrected chi connectivity index (χ1v) is 6.34. The zero-order chi connectivity index (χ0) is 13.0. The minimum Gasteiger partial charge on any atom is -0.493 e. The summed E-state index contributed by atoms with van der Waals surface area (Å²) in [6, 6.07) is 5.85. The molecule has 0 heterocycles. The predicted molar refractivity (Wildman–Crippen MR) is 70.0 cm³/mol. The lowest BCUT2D eigenvalue weighted by Gasteiger charge is -2.12. The van der Waals surface area contributed by atoms with Crippen LogP contribution in [0.5, 0.6) is 11.5 Å². The van der Waals surface area contributed by atoms with Gasteiger partial charge in [0, 0.05) is 13.1 Å². The molecule has 0 bridgehead atoms. The van der Waals surface area contributed by atoms with E-state index in [0.29, 0.717) is 12.5 Å². The lowest BCUT2D eigenvalue weighted by atomic mass is 10.2. The molecule has 0 aromatic heterocycles. The summed E-state index contributed by atoms with van der Waals surface area (Å²) in [7, 11) is 3.26. The summed E-state index contributed by atoms with van der Waals surface area (Å²) in [5.74, 6) is 1.99. The zero-order valence-corrected chi connectivity index (χ0v) is 11.0. The van der Waals surface area contributed by atoms with Crippen molar-refractivity contribution < 1.29 is 14.6 Å². The second kappa shape index (κ2) is 6.07. The Morgan fingerprint density at radius 2 is 2.00 bits per heavy atom. The van der Waals surface area contributed by atoms with Crippen molar-refractivity contribution in [1.82, 2.24) is 5.32 Å². The molecule has 1 saturated carbocycles. The van der Waals surface area contributed by atoms with Crippen molar-refractivity contribution in [2.45, 2.75) is 25.5 Å². The highest BCUT2D eigenvalue weighted by atomic mass is 16.5. The molecular weight excluding hydrogens is 230 g/mol. The third-order valence-electron chi connectivity index (χ3n) is 3.30. The molecule has 1 aromatic carbocycles. The van der Waals surface area contributed by atoms with E-state index in [9.17, 15) is 5.11 Å². The molecule has 0 radical (unpaired) electrons. The molecular formula is C14H21NO3. The lowest BCUT2D eigenvalue weighted by molar-refractivity contribution is 0.148. The number of benzene rings is 1. The van der Waals surface area contributed by atoms with Crippen LogP contribution in [0.15, 0.2) is 18.2 Å². The van der Waals surface area contributed by atoms with Gasteiger partial charge in [0.25, 0.3) is 0 Å². The average Bonchev–Trinajstić information content (AvgIpc) is 3.22. The summed E-state index contributed by atoms with van der Waals surface area (Å²) < 4.78 is 10.4. The maximum atomic E-state index is 9.74. The molecule has 1 atom stereocenters. The van der Waals surface area contributed by atoms with Crippen LogP contribution in [0.4, 0.5) is 0 Å². The summed E-state index contributed by atoms with van der Waals surface area (Å²) in [6.45, 7) is 1.38. The molecule has 18 heavy (non-hydrogen) atoms. The van der Waals surface area contributed by atoms with Crippen molar-refractivity contribution in [2.24, 2.45) is 5.92 Å². The van der Waals surface area contributed by atoms with E-state index in [1.54, 1.807) is 14.2 Å². The molecule has 0 spiro atoms. The minimum absolute atomic E-state index is 0.204. The number of hydrogen-bond donors (Lipinski definition) is 2. The molecule has 0 aliphatic heterocycles. The Labute approximate surface area is 108 Å². The van der Waals surface area contributed by atoms with Crippen molar-refractivity contribution in [3.63, 3.8) is 0 Å². The topological polar surface area (TPSA) is 50.7 Å². The van der Waals surface area contributed by atoms with Crippen molar-refractivity contribution >= 4 is 0 Å². The summed E-state index contributed by atoms with van der Waals surface area (Å²) in [4.78, 5) is 0. The summed E-state index contributed by atoms with van der Waals surface area (Å²) >= 11 is 0. The van der Waals surface area contributed by atoms with E-state index in [1.807, 2.05) is 18.2 Å². The summed E-state index contributed by atoms with van der Waals surface area (Å²) in [6.07, 6.45) is 2.13. The third-order valence-corrected chi connectivity index (χ3v) is 3.30. The van der Waals surface area contributed by atoms with Gasteiger partial charge in [-0.2, -0.15) is 0 Å². The fourth-order valence-corrected chi connectivity index (χ4v) is 2.00. The van der Waals surface area contributed by atoms with E-state index in [1.165, 1.54) is 12.8 Å². The van der Waals surface area contributed by atoms with Gasteiger partial charge in [0.1, 0.15) is 0 Å². The van der Waals surface area contributed by atoms with E-state index in [2.05, 4.69) is 5.32 Å². The van der Waals surface area contributed by atoms with Gasteiger partial charge in [-0.1, -0.05) is 6.07 Å². The summed E-state index contributed by atoms with van der Waals surface area (Å²) in [5.41, 5.74) is 1.12. The number of ether oxygens (including phenoxy) is 2. The Morgan fingerprint density at radius 1 is 1.28 bits per heavy atom. The second-order valence-corrected chi connectivity index (χ2v) is 4.73. The van der Waals surface area contributed by atoms with Crippen LogP contribution in [0, 0.1) is 5.92 Å². The highest BCUT2D eigenvalue weighted by Gasteiger charge is 2.29. The molecule has 4 nitrogen and oxygen atoms in total. The van der Waals surface area contributed by atoms with Crippen molar-refractivity contribution in [2.75, 3.05) is 20.8 Å². The van der Waals surface area contributed by atoms with Gasteiger partial charge < -0.3 is 19.9 Å². The van der Waals surface area contributed by atoms with Crippen LogP contribution in [0.3, 0.4) is 0 Å². The molecule has 4 heteroatoms. The second-order valence-electron chi connectivity index (χ2n) is 4.73. The van der Waals surface area contributed by atoms with Gasteiger partial charge in [-0.05, 0) is 36.5 Å². The highest BCUT2D eigenvalue weighted by Crippen LogP contribution is 2.32. The molecule has 1 unspecified atom stereocenters. The number of aliphatic hydroxyl groups excluding tert-OH is 1. The number of hydrogen-bond acceptors (Lipinski definition) is 4. The molecule has 1 fully saturated rings. The molecule has 100 valence electrons. The Hall–Kier alpha value is -1.26. The Bertz CT molecular complexity index is 391. The Kier molecular flexibility index (Phi) is 4.44. The number of methoxy groups -OCH3 is 2. The SMILES string of the molecule is COc1ccc(CNCC(O)C2CC2)cc1OC. The predicted octanol–water partition coefficient (Wildman–Crippen LogP) is 1.56. The van der Waals surface area contributed by atoms with Crippen molar-refractivity contribution in [3.8, 4) is 11.5 Å². The molecule has 2 N–H and O–H groups in total. The highest BCUT2D eigenvalue weighted by molar-refractivity contribution is 5.42. The van der Waals surface area contributed by atoms with Crippen LogP contribution in [0.1, 0.15) is 18.4 Å². The largest absolute Gasteiger partial charge is 0.493 e. The first-order valence-electron chi connectivity index (χ1n) is 6.34. The normalized spacial score (nSPS) is 16.4. The van der Waals surface area contributed by atoms with Crippen LogP contribution >= 0.6 is 0 Å². The van der Waals surface area contributed by atoms with Gasteiger partial charge in [0.15, 0.2) is 11.5 Å².